The van der Waals surface area contributed by atoms with Gasteiger partial charge in [0, 0.05) is 26.1 Å². The number of piperidine rings is 1. The van der Waals surface area contributed by atoms with E-state index in [0.717, 1.165) is 25.9 Å². The van der Waals surface area contributed by atoms with Crippen LogP contribution in [-0.2, 0) is 9.59 Å². The second-order valence-corrected chi connectivity index (χ2v) is 5.45. The number of likely N-dealkylation sites (N-methyl/N-ethyl adjacent to an activating group) is 1. The molecule has 1 aliphatic rings. The summed E-state index contributed by atoms with van der Waals surface area (Å²) in [5.41, 5.74) is -0.535. The van der Waals surface area contributed by atoms with Crippen LogP contribution in [0.5, 0.6) is 0 Å². The molecule has 18 heavy (non-hydrogen) atoms. The monoisotopic (exact) mass is 255 g/mol. The van der Waals surface area contributed by atoms with Crippen molar-refractivity contribution in [2.45, 2.75) is 52.1 Å². The van der Waals surface area contributed by atoms with Gasteiger partial charge in [-0.2, -0.15) is 0 Å². The van der Waals surface area contributed by atoms with Crippen molar-refractivity contribution in [2.75, 3.05) is 19.6 Å². The van der Waals surface area contributed by atoms with Gasteiger partial charge in [-0.05, 0) is 33.2 Å². The molecule has 0 spiro atoms. The van der Waals surface area contributed by atoms with Crippen LogP contribution in [0.1, 0.15) is 40.5 Å². The summed E-state index contributed by atoms with van der Waals surface area (Å²) in [6.45, 7) is 9.48. The lowest BCUT2D eigenvalue weighted by Crippen LogP contribution is -2.58. The summed E-state index contributed by atoms with van der Waals surface area (Å²) in [7, 11) is 0. The van der Waals surface area contributed by atoms with E-state index in [0.29, 0.717) is 6.54 Å². The maximum absolute atomic E-state index is 12.4. The lowest BCUT2D eigenvalue weighted by Gasteiger charge is -2.38. The van der Waals surface area contributed by atoms with E-state index < -0.39 is 5.54 Å². The van der Waals surface area contributed by atoms with Crippen molar-refractivity contribution >= 4 is 11.8 Å². The summed E-state index contributed by atoms with van der Waals surface area (Å²) in [5, 5.41) is 6.09. The lowest BCUT2D eigenvalue weighted by molar-refractivity contribution is -0.139. The molecular weight excluding hydrogens is 230 g/mol. The minimum Gasteiger partial charge on any atom is -0.352 e. The van der Waals surface area contributed by atoms with E-state index in [1.54, 1.807) is 0 Å². The Morgan fingerprint density at radius 3 is 2.61 bits per heavy atom. The molecule has 1 aliphatic heterocycles. The molecule has 1 rings (SSSR count). The number of hydrogen-bond donors (Lipinski definition) is 2. The quantitative estimate of drug-likeness (QED) is 0.769. The fourth-order valence-corrected chi connectivity index (χ4v) is 2.48. The van der Waals surface area contributed by atoms with Crippen molar-refractivity contribution in [3.63, 3.8) is 0 Å². The van der Waals surface area contributed by atoms with Crippen molar-refractivity contribution in [1.29, 1.82) is 0 Å². The van der Waals surface area contributed by atoms with E-state index in [1.165, 1.54) is 6.92 Å². The molecule has 1 heterocycles. The Balaban J connectivity index is 2.60. The summed E-state index contributed by atoms with van der Waals surface area (Å²) >= 11 is 0. The Morgan fingerprint density at radius 1 is 1.39 bits per heavy atom. The first-order valence-corrected chi connectivity index (χ1v) is 6.68. The van der Waals surface area contributed by atoms with E-state index in [2.05, 4.69) is 10.6 Å². The fraction of sp³-hybridized carbons (Fsp3) is 0.846. The van der Waals surface area contributed by atoms with Crippen LogP contribution in [0.15, 0.2) is 0 Å². The van der Waals surface area contributed by atoms with E-state index in [4.69, 9.17) is 0 Å². The highest BCUT2D eigenvalue weighted by Gasteiger charge is 2.33. The summed E-state index contributed by atoms with van der Waals surface area (Å²) in [6.07, 6.45) is 1.89. The molecule has 0 radical (unpaired) electrons. The fourth-order valence-electron chi connectivity index (χ4n) is 2.48. The third kappa shape index (κ3) is 3.98. The Kier molecular flexibility index (Phi) is 5.14. The van der Waals surface area contributed by atoms with Crippen LogP contribution in [0.3, 0.4) is 0 Å². The van der Waals surface area contributed by atoms with Crippen LogP contribution in [-0.4, -0.2) is 47.9 Å². The van der Waals surface area contributed by atoms with E-state index in [9.17, 15) is 9.59 Å². The minimum atomic E-state index is -0.535. The summed E-state index contributed by atoms with van der Waals surface area (Å²) in [5.74, 6) is 0.0830. The normalized spacial score (nSPS) is 20.7. The SMILES string of the molecule is CCNC(C)(C)C(=O)N1CCCC(NC(C)=O)C1. The number of carbonyl (C=O) groups is 2. The summed E-state index contributed by atoms with van der Waals surface area (Å²) in [4.78, 5) is 25.3. The molecule has 0 aliphatic carbocycles. The van der Waals surface area contributed by atoms with Gasteiger partial charge < -0.3 is 15.5 Å². The Labute approximate surface area is 109 Å². The third-order valence-corrected chi connectivity index (χ3v) is 3.27. The maximum atomic E-state index is 12.4. The van der Waals surface area contributed by atoms with Crippen molar-refractivity contribution < 1.29 is 9.59 Å². The molecule has 1 unspecified atom stereocenters. The van der Waals surface area contributed by atoms with Crippen molar-refractivity contribution in [2.24, 2.45) is 0 Å². The van der Waals surface area contributed by atoms with Crippen LogP contribution in [0.25, 0.3) is 0 Å². The third-order valence-electron chi connectivity index (χ3n) is 3.27. The van der Waals surface area contributed by atoms with Gasteiger partial charge in [-0.3, -0.25) is 9.59 Å². The largest absolute Gasteiger partial charge is 0.352 e. The van der Waals surface area contributed by atoms with Crippen LogP contribution >= 0.6 is 0 Å². The van der Waals surface area contributed by atoms with Gasteiger partial charge in [-0.15, -0.1) is 0 Å². The number of rotatable bonds is 4. The van der Waals surface area contributed by atoms with E-state index >= 15 is 0 Å². The van der Waals surface area contributed by atoms with Gasteiger partial charge in [0.2, 0.25) is 11.8 Å². The molecule has 1 atom stereocenters. The van der Waals surface area contributed by atoms with Crippen LogP contribution < -0.4 is 10.6 Å². The second-order valence-electron chi connectivity index (χ2n) is 5.45. The Hall–Kier alpha value is -1.10. The zero-order chi connectivity index (χ0) is 13.8. The van der Waals surface area contributed by atoms with Gasteiger partial charge in [0.05, 0.1) is 5.54 Å². The Bertz CT molecular complexity index is 315. The highest BCUT2D eigenvalue weighted by molar-refractivity contribution is 5.85. The topological polar surface area (TPSA) is 61.4 Å². The number of nitrogens with zero attached hydrogens (tertiary/aromatic N) is 1. The zero-order valence-electron chi connectivity index (χ0n) is 11.9. The van der Waals surface area contributed by atoms with E-state index in [-0.39, 0.29) is 17.9 Å². The number of carbonyl (C=O) groups excluding carboxylic acids is 2. The molecule has 0 bridgehead atoms. The first kappa shape index (κ1) is 15.0. The van der Waals surface area contributed by atoms with Gasteiger partial charge in [0.15, 0.2) is 0 Å². The zero-order valence-corrected chi connectivity index (χ0v) is 11.9. The van der Waals surface area contributed by atoms with Gasteiger partial charge in [-0.1, -0.05) is 6.92 Å². The summed E-state index contributed by atoms with van der Waals surface area (Å²) in [6, 6.07) is 0.0950. The van der Waals surface area contributed by atoms with Gasteiger partial charge in [0.25, 0.3) is 0 Å². The van der Waals surface area contributed by atoms with Crippen molar-refractivity contribution in [3.05, 3.63) is 0 Å². The molecule has 2 N–H and O–H groups in total. The highest BCUT2D eigenvalue weighted by atomic mass is 16.2. The minimum absolute atomic E-state index is 0.0276. The van der Waals surface area contributed by atoms with Crippen LogP contribution in [0.4, 0.5) is 0 Å². The summed E-state index contributed by atoms with van der Waals surface area (Å²) < 4.78 is 0. The molecule has 0 saturated carbocycles. The molecule has 0 aromatic carbocycles. The number of likely N-dealkylation sites (tertiary alicyclic amines) is 1. The predicted molar refractivity (Wildman–Crippen MR) is 71.2 cm³/mol. The van der Waals surface area contributed by atoms with Gasteiger partial charge >= 0.3 is 0 Å². The van der Waals surface area contributed by atoms with Crippen LogP contribution in [0.2, 0.25) is 0 Å². The molecule has 1 saturated heterocycles. The molecule has 2 amide bonds. The van der Waals surface area contributed by atoms with Gasteiger partial charge in [-0.25, -0.2) is 0 Å². The van der Waals surface area contributed by atoms with Crippen LogP contribution in [0, 0.1) is 0 Å². The van der Waals surface area contributed by atoms with Gasteiger partial charge in [0.1, 0.15) is 0 Å². The number of hydrogen-bond acceptors (Lipinski definition) is 3. The lowest BCUT2D eigenvalue weighted by atomic mass is 9.99. The standard InChI is InChI=1S/C13H25N3O2/c1-5-14-13(3,4)12(18)16-8-6-7-11(9-16)15-10(2)17/h11,14H,5-9H2,1-4H3,(H,15,17). The molecular formula is C13H25N3O2. The number of nitrogens with one attached hydrogen (secondary N) is 2. The first-order valence-electron chi connectivity index (χ1n) is 6.68. The second kappa shape index (κ2) is 6.18. The number of amides is 2. The molecule has 104 valence electrons. The van der Waals surface area contributed by atoms with Crippen molar-refractivity contribution in [3.8, 4) is 0 Å². The molecule has 0 aromatic heterocycles. The molecule has 5 nitrogen and oxygen atoms in total. The average Bonchev–Trinajstić information content (AvgIpc) is 2.27. The van der Waals surface area contributed by atoms with Crippen molar-refractivity contribution in [1.82, 2.24) is 15.5 Å². The predicted octanol–water partition coefficient (Wildman–Crippen LogP) is 0.502. The molecule has 0 aromatic rings. The maximum Gasteiger partial charge on any atom is 0.242 e. The molecule has 1 fully saturated rings. The Morgan fingerprint density at radius 2 is 2.06 bits per heavy atom. The highest BCUT2D eigenvalue weighted by Crippen LogP contribution is 2.15. The first-order chi connectivity index (χ1) is 8.36. The molecule has 5 heteroatoms. The smallest absolute Gasteiger partial charge is 0.242 e. The average molecular weight is 255 g/mol. The van der Waals surface area contributed by atoms with E-state index in [1.807, 2.05) is 25.7 Å².